The Kier molecular flexibility index (Phi) is 6.35. The molecule has 1 aliphatic heterocycles. The molecule has 1 aliphatic rings. The van der Waals surface area contributed by atoms with Crippen molar-refractivity contribution in [2.24, 2.45) is 0 Å². The summed E-state index contributed by atoms with van der Waals surface area (Å²) >= 11 is 5.84. The van der Waals surface area contributed by atoms with Gasteiger partial charge in [-0.3, -0.25) is 4.79 Å². The molecule has 1 atom stereocenters. The fourth-order valence-corrected chi connectivity index (χ4v) is 3.56. The second-order valence-electron chi connectivity index (χ2n) is 5.90. The highest BCUT2D eigenvalue weighted by molar-refractivity contribution is 7.88. The van der Waals surface area contributed by atoms with E-state index in [4.69, 9.17) is 11.6 Å². The van der Waals surface area contributed by atoms with Gasteiger partial charge in [0.15, 0.2) is 6.61 Å². The van der Waals surface area contributed by atoms with Crippen LogP contribution in [0.2, 0.25) is 5.02 Å². The molecule has 0 saturated carbocycles. The van der Waals surface area contributed by atoms with Gasteiger partial charge in [0.2, 0.25) is 15.9 Å². The number of rotatable bonds is 5. The molecule has 1 aromatic rings. The minimum Gasteiger partial charge on any atom is -0.467 e. The van der Waals surface area contributed by atoms with Gasteiger partial charge >= 0.3 is 6.18 Å². The number of pyridine rings is 1. The van der Waals surface area contributed by atoms with Gasteiger partial charge in [-0.25, -0.2) is 18.1 Å². The first-order valence-corrected chi connectivity index (χ1v) is 9.83. The number of carbonyl (C=O) groups is 1. The third-order valence-corrected chi connectivity index (χ3v) is 4.55. The molecule has 0 spiro atoms. The van der Waals surface area contributed by atoms with E-state index >= 15 is 0 Å². The van der Waals surface area contributed by atoms with Crippen molar-refractivity contribution in [2.75, 3.05) is 26.0 Å². The molecule has 2 rings (SSSR count). The van der Waals surface area contributed by atoms with Gasteiger partial charge in [0.05, 0.1) is 11.8 Å². The molecule has 2 heterocycles. The highest BCUT2D eigenvalue weighted by atomic mass is 35.5. The van der Waals surface area contributed by atoms with Gasteiger partial charge in [0.1, 0.15) is 5.02 Å². The van der Waals surface area contributed by atoms with E-state index in [-0.39, 0.29) is 17.1 Å². The summed E-state index contributed by atoms with van der Waals surface area (Å²) in [5, 5.41) is -0.220. The van der Waals surface area contributed by atoms with Crippen LogP contribution in [0.25, 0.3) is 0 Å². The second-order valence-corrected chi connectivity index (χ2v) is 8.08. The minimum absolute atomic E-state index is 0.0781. The Bertz CT molecular complexity index is 773. The average molecular weight is 416 g/mol. The third kappa shape index (κ3) is 6.29. The number of ether oxygens (including phenoxy) is 1. The van der Waals surface area contributed by atoms with Gasteiger partial charge in [-0.2, -0.15) is 13.2 Å². The van der Waals surface area contributed by atoms with E-state index in [0.717, 1.165) is 12.5 Å². The summed E-state index contributed by atoms with van der Waals surface area (Å²) in [5.41, 5.74) is 0.0781. The fraction of sp³-hybridized carbons (Fsp3) is 0.571. The lowest BCUT2D eigenvalue weighted by Gasteiger charge is -2.32. The maximum atomic E-state index is 12.5. The SMILES string of the molecule is CS(=O)(=O)N[C@@H]1CCCN(C(=O)c2cnc(OCC(F)(F)F)c(Cl)c2)C1. The van der Waals surface area contributed by atoms with Crippen LogP contribution in [-0.2, 0) is 10.0 Å². The Labute approximate surface area is 153 Å². The molecule has 0 radical (unpaired) electrons. The summed E-state index contributed by atoms with van der Waals surface area (Å²) in [6.45, 7) is -0.946. The molecule has 146 valence electrons. The standard InChI is InChI=1S/C14H17ClF3N3O4S/c1-26(23,24)20-10-3-2-4-21(7-10)13(22)9-5-11(15)12(19-6-9)25-8-14(16,17)18/h5-6,10,20H,2-4,7-8H2,1H3/t10-/m1/s1. The van der Waals surface area contributed by atoms with Gasteiger partial charge in [0.25, 0.3) is 5.91 Å². The second kappa shape index (κ2) is 7.97. The maximum absolute atomic E-state index is 12.5. The Morgan fingerprint density at radius 3 is 2.77 bits per heavy atom. The Morgan fingerprint density at radius 2 is 2.19 bits per heavy atom. The van der Waals surface area contributed by atoms with Crippen LogP contribution in [0.5, 0.6) is 5.88 Å². The summed E-state index contributed by atoms with van der Waals surface area (Å²) in [7, 11) is -3.40. The molecule has 0 aromatic carbocycles. The van der Waals surface area contributed by atoms with Crippen LogP contribution in [0.1, 0.15) is 23.2 Å². The molecule has 0 aliphatic carbocycles. The predicted octanol–water partition coefficient (Wildman–Crippen LogP) is 1.83. The van der Waals surface area contributed by atoms with E-state index in [2.05, 4.69) is 14.4 Å². The molecular weight excluding hydrogens is 399 g/mol. The zero-order valence-corrected chi connectivity index (χ0v) is 15.3. The number of hydrogen-bond acceptors (Lipinski definition) is 5. The normalized spacial score (nSPS) is 18.7. The molecule has 1 N–H and O–H groups in total. The van der Waals surface area contributed by atoms with Crippen LogP contribution < -0.4 is 9.46 Å². The van der Waals surface area contributed by atoms with Crippen molar-refractivity contribution in [2.45, 2.75) is 25.1 Å². The molecule has 26 heavy (non-hydrogen) atoms. The minimum atomic E-state index is -4.53. The monoisotopic (exact) mass is 415 g/mol. The molecule has 7 nitrogen and oxygen atoms in total. The zero-order valence-electron chi connectivity index (χ0n) is 13.7. The quantitative estimate of drug-likeness (QED) is 0.792. The van der Waals surface area contributed by atoms with E-state index in [1.54, 1.807) is 0 Å². The number of carbonyl (C=O) groups excluding carboxylic acids is 1. The molecule has 1 amide bonds. The van der Waals surface area contributed by atoms with Crippen LogP contribution in [0.3, 0.4) is 0 Å². The molecule has 0 unspecified atom stereocenters. The number of halogens is 4. The van der Waals surface area contributed by atoms with E-state index in [0.29, 0.717) is 19.4 Å². The molecule has 1 aromatic heterocycles. The summed E-state index contributed by atoms with van der Waals surface area (Å²) in [5.74, 6) is -0.863. The number of alkyl halides is 3. The summed E-state index contributed by atoms with van der Waals surface area (Å²) in [4.78, 5) is 17.6. The summed E-state index contributed by atoms with van der Waals surface area (Å²) < 4.78 is 66.1. The first-order chi connectivity index (χ1) is 11.9. The number of nitrogens with one attached hydrogen (secondary N) is 1. The third-order valence-electron chi connectivity index (χ3n) is 3.52. The van der Waals surface area contributed by atoms with E-state index in [1.165, 1.54) is 11.0 Å². The van der Waals surface area contributed by atoms with Crippen molar-refractivity contribution in [1.29, 1.82) is 0 Å². The lowest BCUT2D eigenvalue weighted by molar-refractivity contribution is -0.154. The van der Waals surface area contributed by atoms with Crippen molar-refractivity contribution < 1.29 is 31.1 Å². The first-order valence-electron chi connectivity index (χ1n) is 7.56. The van der Waals surface area contributed by atoms with Crippen molar-refractivity contribution in [3.05, 3.63) is 22.8 Å². The van der Waals surface area contributed by atoms with Crippen LogP contribution >= 0.6 is 11.6 Å². The Balaban J connectivity index is 2.06. The number of likely N-dealkylation sites (tertiary alicyclic amines) is 1. The number of sulfonamides is 1. The average Bonchev–Trinajstić information content (AvgIpc) is 2.50. The molecule has 1 fully saturated rings. The van der Waals surface area contributed by atoms with Gasteiger partial charge in [0, 0.05) is 25.3 Å². The number of piperidine rings is 1. The van der Waals surface area contributed by atoms with Gasteiger partial charge in [-0.1, -0.05) is 11.6 Å². The Hall–Kier alpha value is -1.59. The number of nitrogens with zero attached hydrogens (tertiary/aromatic N) is 2. The smallest absolute Gasteiger partial charge is 0.422 e. The van der Waals surface area contributed by atoms with Crippen molar-refractivity contribution in [3.63, 3.8) is 0 Å². The number of hydrogen-bond donors (Lipinski definition) is 1. The van der Waals surface area contributed by atoms with Crippen LogP contribution in [0, 0.1) is 0 Å². The Morgan fingerprint density at radius 1 is 1.50 bits per heavy atom. The lowest BCUT2D eigenvalue weighted by Crippen LogP contribution is -2.49. The number of amides is 1. The van der Waals surface area contributed by atoms with Gasteiger partial charge < -0.3 is 9.64 Å². The highest BCUT2D eigenvalue weighted by Gasteiger charge is 2.30. The predicted molar refractivity (Wildman–Crippen MR) is 87.7 cm³/mol. The zero-order chi connectivity index (χ0) is 19.5. The lowest BCUT2D eigenvalue weighted by atomic mass is 10.1. The van der Waals surface area contributed by atoms with Crippen molar-refractivity contribution in [3.8, 4) is 5.88 Å². The van der Waals surface area contributed by atoms with Crippen LogP contribution in [0.15, 0.2) is 12.3 Å². The maximum Gasteiger partial charge on any atom is 0.422 e. The van der Waals surface area contributed by atoms with E-state index < -0.39 is 40.6 Å². The van der Waals surface area contributed by atoms with Crippen molar-refractivity contribution in [1.82, 2.24) is 14.6 Å². The highest BCUT2D eigenvalue weighted by Crippen LogP contribution is 2.26. The largest absolute Gasteiger partial charge is 0.467 e. The van der Waals surface area contributed by atoms with Crippen molar-refractivity contribution >= 4 is 27.5 Å². The first kappa shape index (κ1) is 20.7. The fourth-order valence-electron chi connectivity index (χ4n) is 2.54. The molecule has 1 saturated heterocycles. The molecule has 0 bridgehead atoms. The topological polar surface area (TPSA) is 88.6 Å². The van der Waals surface area contributed by atoms with Gasteiger partial charge in [-0.05, 0) is 18.9 Å². The molecular formula is C14H17ClF3N3O4S. The van der Waals surface area contributed by atoms with Gasteiger partial charge in [-0.15, -0.1) is 0 Å². The van der Waals surface area contributed by atoms with E-state index in [9.17, 15) is 26.4 Å². The van der Waals surface area contributed by atoms with E-state index in [1.807, 2.05) is 0 Å². The summed E-state index contributed by atoms with van der Waals surface area (Å²) in [6.07, 6.45) is -1.22. The number of aromatic nitrogens is 1. The van der Waals surface area contributed by atoms with Crippen LogP contribution in [0.4, 0.5) is 13.2 Å². The van der Waals surface area contributed by atoms with Crippen LogP contribution in [-0.4, -0.2) is 62.4 Å². The summed E-state index contributed by atoms with van der Waals surface area (Å²) in [6, 6.07) is 0.774. The molecule has 12 heteroatoms.